The van der Waals surface area contributed by atoms with Crippen LogP contribution in [0.25, 0.3) is 0 Å². The number of nitrogens with one attached hydrogen (secondary N) is 2. The van der Waals surface area contributed by atoms with Crippen molar-refractivity contribution in [2.45, 2.75) is 6.54 Å². The van der Waals surface area contributed by atoms with Crippen LogP contribution in [0.3, 0.4) is 0 Å². The molecule has 0 radical (unpaired) electrons. The molecule has 2 heterocycles. The Balaban J connectivity index is 2.15. The van der Waals surface area contributed by atoms with Crippen molar-refractivity contribution in [3.05, 3.63) is 41.9 Å². The summed E-state index contributed by atoms with van der Waals surface area (Å²) in [4.78, 5) is 17.8. The first-order chi connectivity index (χ1) is 8.72. The van der Waals surface area contributed by atoms with Gasteiger partial charge in [-0.1, -0.05) is 0 Å². The van der Waals surface area contributed by atoms with E-state index in [0.29, 0.717) is 17.9 Å². The van der Waals surface area contributed by atoms with Gasteiger partial charge in [-0.15, -0.1) is 0 Å². The van der Waals surface area contributed by atoms with Gasteiger partial charge in [-0.2, -0.15) is 5.10 Å². The number of pyridine rings is 1. The molecule has 0 aliphatic heterocycles. The van der Waals surface area contributed by atoms with Crippen LogP contribution in [0, 0.1) is 0 Å². The molecule has 0 spiro atoms. The number of carbonyl (C=O) groups is 1. The van der Waals surface area contributed by atoms with E-state index in [4.69, 9.17) is 5.84 Å². The number of hydrogen-bond donors (Lipinski definition) is 3. The standard InChI is InChI=1S/C11H14N6O/c1-17(7-8-5-14-15-6-8)11(18)9-3-2-4-13-10(9)16-12/h2-6H,7,12H2,1H3,(H,13,16)(H,14,15). The molecule has 0 fully saturated rings. The summed E-state index contributed by atoms with van der Waals surface area (Å²) in [5, 5.41) is 6.54. The number of anilines is 1. The highest BCUT2D eigenvalue weighted by Crippen LogP contribution is 2.13. The van der Waals surface area contributed by atoms with Gasteiger partial charge in [0.25, 0.3) is 5.91 Å². The van der Waals surface area contributed by atoms with Gasteiger partial charge in [-0.25, -0.2) is 10.8 Å². The average Bonchev–Trinajstić information content (AvgIpc) is 2.90. The number of nitrogens with two attached hydrogens (primary N) is 1. The molecule has 2 aromatic heterocycles. The smallest absolute Gasteiger partial charge is 0.257 e. The van der Waals surface area contributed by atoms with Crippen molar-refractivity contribution in [3.8, 4) is 0 Å². The van der Waals surface area contributed by atoms with E-state index in [0.717, 1.165) is 5.56 Å². The van der Waals surface area contributed by atoms with E-state index in [2.05, 4.69) is 20.6 Å². The summed E-state index contributed by atoms with van der Waals surface area (Å²) in [5.74, 6) is 5.53. The summed E-state index contributed by atoms with van der Waals surface area (Å²) >= 11 is 0. The van der Waals surface area contributed by atoms with Crippen LogP contribution in [0.1, 0.15) is 15.9 Å². The molecular formula is C11H14N6O. The SMILES string of the molecule is CN(Cc1cn[nH]c1)C(=O)c1cccnc1NN. The Labute approximate surface area is 104 Å². The zero-order valence-corrected chi connectivity index (χ0v) is 9.92. The van der Waals surface area contributed by atoms with Crippen LogP contribution in [-0.4, -0.2) is 33.0 Å². The Morgan fingerprint density at radius 2 is 2.44 bits per heavy atom. The monoisotopic (exact) mass is 246 g/mol. The minimum Gasteiger partial charge on any atom is -0.337 e. The predicted octanol–water partition coefficient (Wildman–Crippen LogP) is 0.362. The van der Waals surface area contributed by atoms with Crippen LogP contribution >= 0.6 is 0 Å². The first-order valence-electron chi connectivity index (χ1n) is 5.37. The topological polar surface area (TPSA) is 99.9 Å². The lowest BCUT2D eigenvalue weighted by Gasteiger charge is -2.17. The van der Waals surface area contributed by atoms with Gasteiger partial charge < -0.3 is 10.3 Å². The molecule has 2 aromatic rings. The number of aromatic amines is 1. The number of nitrogens with zero attached hydrogens (tertiary/aromatic N) is 3. The van der Waals surface area contributed by atoms with Crippen LogP contribution in [-0.2, 0) is 6.54 Å². The molecule has 7 heteroatoms. The van der Waals surface area contributed by atoms with E-state index in [1.807, 2.05) is 0 Å². The molecule has 18 heavy (non-hydrogen) atoms. The number of nitrogen functional groups attached to an aromatic ring is 1. The largest absolute Gasteiger partial charge is 0.337 e. The molecule has 0 unspecified atom stereocenters. The van der Waals surface area contributed by atoms with Crippen molar-refractivity contribution < 1.29 is 4.79 Å². The molecule has 1 amide bonds. The molecule has 0 saturated heterocycles. The maximum atomic E-state index is 12.2. The lowest BCUT2D eigenvalue weighted by atomic mass is 10.2. The zero-order valence-electron chi connectivity index (χ0n) is 9.92. The highest BCUT2D eigenvalue weighted by Gasteiger charge is 2.16. The lowest BCUT2D eigenvalue weighted by Crippen LogP contribution is -2.27. The number of aromatic nitrogens is 3. The molecule has 0 aliphatic carbocycles. The van der Waals surface area contributed by atoms with Gasteiger partial charge in [0.1, 0.15) is 0 Å². The molecule has 0 bridgehead atoms. The summed E-state index contributed by atoms with van der Waals surface area (Å²) in [6.45, 7) is 0.467. The Morgan fingerprint density at radius 3 is 3.11 bits per heavy atom. The third-order valence-corrected chi connectivity index (χ3v) is 2.50. The third-order valence-electron chi connectivity index (χ3n) is 2.50. The molecule has 7 nitrogen and oxygen atoms in total. The van der Waals surface area contributed by atoms with Gasteiger partial charge >= 0.3 is 0 Å². The van der Waals surface area contributed by atoms with Gasteiger partial charge in [0.15, 0.2) is 5.82 Å². The summed E-state index contributed by atoms with van der Waals surface area (Å²) in [5.41, 5.74) is 3.78. The van der Waals surface area contributed by atoms with Gasteiger partial charge in [-0.05, 0) is 12.1 Å². The van der Waals surface area contributed by atoms with Crippen molar-refractivity contribution in [3.63, 3.8) is 0 Å². The fourth-order valence-electron chi connectivity index (χ4n) is 1.61. The summed E-state index contributed by atoms with van der Waals surface area (Å²) < 4.78 is 0. The molecule has 94 valence electrons. The van der Waals surface area contributed by atoms with Crippen LogP contribution < -0.4 is 11.3 Å². The number of hydrazine groups is 1. The fraction of sp³-hybridized carbons (Fsp3) is 0.182. The van der Waals surface area contributed by atoms with E-state index in [1.165, 1.54) is 0 Å². The maximum absolute atomic E-state index is 12.2. The van der Waals surface area contributed by atoms with Crippen molar-refractivity contribution in [2.75, 3.05) is 12.5 Å². The summed E-state index contributed by atoms with van der Waals surface area (Å²) in [6.07, 6.45) is 4.99. The quantitative estimate of drug-likeness (QED) is 0.534. The molecule has 0 aliphatic rings. The molecule has 2 rings (SSSR count). The molecule has 4 N–H and O–H groups in total. The second-order valence-corrected chi connectivity index (χ2v) is 3.81. The number of rotatable bonds is 4. The molecule has 0 aromatic carbocycles. The lowest BCUT2D eigenvalue weighted by molar-refractivity contribution is 0.0785. The van der Waals surface area contributed by atoms with Crippen LogP contribution in [0.2, 0.25) is 0 Å². The highest BCUT2D eigenvalue weighted by molar-refractivity contribution is 5.98. The number of carbonyl (C=O) groups excluding carboxylic acids is 1. The van der Waals surface area contributed by atoms with E-state index >= 15 is 0 Å². The van der Waals surface area contributed by atoms with Crippen LogP contribution in [0.15, 0.2) is 30.7 Å². The van der Waals surface area contributed by atoms with E-state index in [-0.39, 0.29) is 5.91 Å². The zero-order chi connectivity index (χ0) is 13.0. The Kier molecular flexibility index (Phi) is 3.54. The maximum Gasteiger partial charge on any atom is 0.257 e. The van der Waals surface area contributed by atoms with Crippen molar-refractivity contribution in [1.29, 1.82) is 0 Å². The van der Waals surface area contributed by atoms with E-state index in [9.17, 15) is 4.79 Å². The average molecular weight is 246 g/mol. The predicted molar refractivity (Wildman–Crippen MR) is 66.4 cm³/mol. The highest BCUT2D eigenvalue weighted by atomic mass is 16.2. The van der Waals surface area contributed by atoms with Crippen molar-refractivity contribution in [1.82, 2.24) is 20.1 Å². The Bertz CT molecular complexity index is 524. The molecular weight excluding hydrogens is 232 g/mol. The number of amides is 1. The van der Waals surface area contributed by atoms with Crippen LogP contribution in [0.4, 0.5) is 5.82 Å². The third kappa shape index (κ3) is 2.46. The van der Waals surface area contributed by atoms with Crippen molar-refractivity contribution in [2.24, 2.45) is 5.84 Å². The van der Waals surface area contributed by atoms with Gasteiger partial charge in [0.2, 0.25) is 0 Å². The Hall–Kier alpha value is -2.41. The number of H-pyrrole nitrogens is 1. The minimum atomic E-state index is -0.155. The first kappa shape index (κ1) is 12.1. The second kappa shape index (κ2) is 5.28. The van der Waals surface area contributed by atoms with Gasteiger partial charge in [0, 0.05) is 31.5 Å². The summed E-state index contributed by atoms with van der Waals surface area (Å²) in [7, 11) is 1.71. The fourth-order valence-corrected chi connectivity index (χ4v) is 1.61. The van der Waals surface area contributed by atoms with E-state index < -0.39 is 0 Å². The van der Waals surface area contributed by atoms with E-state index in [1.54, 1.807) is 42.7 Å². The first-order valence-corrected chi connectivity index (χ1v) is 5.37. The van der Waals surface area contributed by atoms with Gasteiger partial charge in [-0.3, -0.25) is 9.89 Å². The second-order valence-electron chi connectivity index (χ2n) is 3.81. The van der Waals surface area contributed by atoms with Gasteiger partial charge in [0.05, 0.1) is 11.8 Å². The normalized spacial score (nSPS) is 10.1. The Morgan fingerprint density at radius 1 is 1.61 bits per heavy atom. The molecule has 0 saturated carbocycles. The van der Waals surface area contributed by atoms with Crippen LogP contribution in [0.5, 0.6) is 0 Å². The number of hydrogen-bond acceptors (Lipinski definition) is 5. The van der Waals surface area contributed by atoms with Crippen molar-refractivity contribution >= 4 is 11.7 Å². The summed E-state index contributed by atoms with van der Waals surface area (Å²) in [6, 6.07) is 3.37. The molecule has 0 atom stereocenters. The minimum absolute atomic E-state index is 0.155.